The molecule has 0 bridgehead atoms. The van der Waals surface area contributed by atoms with Crippen LogP contribution in [0.3, 0.4) is 0 Å². The lowest BCUT2D eigenvalue weighted by atomic mass is 10.0. The highest BCUT2D eigenvalue weighted by atomic mass is 19.3. The normalized spacial score (nSPS) is 11.6. The van der Waals surface area contributed by atoms with Crippen LogP contribution in [0.5, 0.6) is 0 Å². The molecule has 27 heavy (non-hydrogen) atoms. The summed E-state index contributed by atoms with van der Waals surface area (Å²) in [6.45, 7) is 4.13. The van der Waals surface area contributed by atoms with E-state index in [1.165, 1.54) is 6.07 Å². The van der Waals surface area contributed by atoms with Gasteiger partial charge in [0.15, 0.2) is 0 Å². The van der Waals surface area contributed by atoms with Crippen LogP contribution < -0.4 is 0 Å². The van der Waals surface area contributed by atoms with Crippen LogP contribution in [0.15, 0.2) is 41.2 Å². The number of hydrogen-bond donors (Lipinski definition) is 0. The molecule has 0 spiro atoms. The van der Waals surface area contributed by atoms with Gasteiger partial charge in [-0.15, -0.1) is 0 Å². The molecule has 3 aromatic heterocycles. The number of benzene rings is 1. The molecule has 0 radical (unpaired) electrons. The van der Waals surface area contributed by atoms with Crippen molar-refractivity contribution in [2.24, 2.45) is 0 Å². The van der Waals surface area contributed by atoms with Gasteiger partial charge in [-0.05, 0) is 37.6 Å². The van der Waals surface area contributed by atoms with E-state index in [2.05, 4.69) is 15.2 Å². The molecule has 138 valence electrons. The first-order chi connectivity index (χ1) is 12.9. The average molecular weight is 372 g/mol. The van der Waals surface area contributed by atoms with Gasteiger partial charge < -0.3 is 4.52 Å². The number of nitrogens with zero attached hydrogens (tertiary/aromatic N) is 4. The Labute approximate surface area is 152 Å². The van der Waals surface area contributed by atoms with Gasteiger partial charge in [0.05, 0.1) is 29.5 Å². The van der Waals surface area contributed by atoms with Crippen molar-refractivity contribution in [2.45, 2.75) is 26.8 Å². The minimum Gasteiger partial charge on any atom is -0.361 e. The third-order valence-electron chi connectivity index (χ3n) is 4.55. The van der Waals surface area contributed by atoms with Crippen molar-refractivity contribution in [3.63, 3.8) is 0 Å². The summed E-state index contributed by atoms with van der Waals surface area (Å²) in [6, 6.07) is 5.45. The maximum atomic E-state index is 13.6. The molecule has 0 fully saturated rings. The Morgan fingerprint density at radius 1 is 1.11 bits per heavy atom. The molecule has 5 nitrogen and oxygen atoms in total. The summed E-state index contributed by atoms with van der Waals surface area (Å²) in [5.41, 5.74) is 3.54. The van der Waals surface area contributed by atoms with E-state index in [-0.39, 0.29) is 0 Å². The number of hydrogen-bond acceptors (Lipinski definition) is 4. The standard InChI is InChI=1S/C19H15F3N4O/c1-10-15(11(2)27-25-10)9-26-18-6-13(7-23-17(18)8-24-26)12-3-4-16(20)14(5-12)19(21)22/h3-8,19H,9H2,1-2H3. The minimum absolute atomic E-state index is 0.446. The Morgan fingerprint density at radius 2 is 1.93 bits per heavy atom. The second-order valence-electron chi connectivity index (χ2n) is 6.27. The van der Waals surface area contributed by atoms with Crippen LogP contribution in [-0.2, 0) is 6.54 Å². The Hall–Kier alpha value is -3.16. The number of pyridine rings is 1. The van der Waals surface area contributed by atoms with E-state index in [4.69, 9.17) is 4.52 Å². The van der Waals surface area contributed by atoms with Gasteiger partial charge in [-0.3, -0.25) is 9.67 Å². The minimum atomic E-state index is -2.88. The molecule has 8 heteroatoms. The van der Waals surface area contributed by atoms with Crippen LogP contribution in [0, 0.1) is 19.7 Å². The molecule has 0 aliphatic carbocycles. The van der Waals surface area contributed by atoms with Gasteiger partial charge >= 0.3 is 0 Å². The van der Waals surface area contributed by atoms with Crippen molar-refractivity contribution in [3.8, 4) is 11.1 Å². The Bertz CT molecular complexity index is 1110. The summed E-state index contributed by atoms with van der Waals surface area (Å²) < 4.78 is 46.5. The van der Waals surface area contributed by atoms with Crippen LogP contribution in [-0.4, -0.2) is 19.9 Å². The predicted octanol–water partition coefficient (Wildman–Crippen LogP) is 4.83. The molecule has 0 unspecified atom stereocenters. The van der Waals surface area contributed by atoms with Crippen molar-refractivity contribution in [2.75, 3.05) is 0 Å². The van der Waals surface area contributed by atoms with Gasteiger partial charge in [-0.1, -0.05) is 11.2 Å². The lowest BCUT2D eigenvalue weighted by Gasteiger charge is -2.08. The smallest absolute Gasteiger partial charge is 0.266 e. The zero-order valence-electron chi connectivity index (χ0n) is 14.6. The monoisotopic (exact) mass is 372 g/mol. The second kappa shape index (κ2) is 6.53. The van der Waals surface area contributed by atoms with Crippen LogP contribution >= 0.6 is 0 Å². The van der Waals surface area contributed by atoms with Gasteiger partial charge in [-0.2, -0.15) is 5.10 Å². The van der Waals surface area contributed by atoms with Gasteiger partial charge in [0.2, 0.25) is 0 Å². The second-order valence-corrected chi connectivity index (χ2v) is 6.27. The van der Waals surface area contributed by atoms with Crippen LogP contribution in [0.1, 0.15) is 29.0 Å². The quantitative estimate of drug-likeness (QED) is 0.515. The molecule has 0 amide bonds. The van der Waals surface area contributed by atoms with Crippen LogP contribution in [0.25, 0.3) is 22.2 Å². The molecular formula is C19H15F3N4O. The van der Waals surface area contributed by atoms with E-state index in [1.54, 1.807) is 23.1 Å². The molecule has 1 aromatic carbocycles. The summed E-state index contributed by atoms with van der Waals surface area (Å²) in [4.78, 5) is 4.35. The van der Waals surface area contributed by atoms with E-state index >= 15 is 0 Å². The van der Waals surface area contributed by atoms with Crippen molar-refractivity contribution < 1.29 is 17.7 Å². The summed E-state index contributed by atoms with van der Waals surface area (Å²) in [6.07, 6.45) is 0.311. The first-order valence-corrected chi connectivity index (χ1v) is 8.25. The predicted molar refractivity (Wildman–Crippen MR) is 93.0 cm³/mol. The summed E-state index contributed by atoms with van der Waals surface area (Å²) in [5, 5.41) is 8.29. The van der Waals surface area contributed by atoms with Gasteiger partial charge in [-0.25, -0.2) is 13.2 Å². The van der Waals surface area contributed by atoms with Gasteiger partial charge in [0.1, 0.15) is 17.1 Å². The van der Waals surface area contributed by atoms with Crippen molar-refractivity contribution in [3.05, 3.63) is 65.1 Å². The van der Waals surface area contributed by atoms with Crippen molar-refractivity contribution >= 4 is 11.0 Å². The molecule has 0 aliphatic rings. The molecule has 0 saturated carbocycles. The van der Waals surface area contributed by atoms with Gasteiger partial charge in [0, 0.05) is 17.3 Å². The molecule has 4 aromatic rings. The zero-order valence-corrected chi connectivity index (χ0v) is 14.6. The van der Waals surface area contributed by atoms with E-state index in [9.17, 15) is 13.2 Å². The fourth-order valence-electron chi connectivity index (χ4n) is 3.01. The Balaban J connectivity index is 1.77. The van der Waals surface area contributed by atoms with Crippen molar-refractivity contribution in [1.29, 1.82) is 0 Å². The third-order valence-corrected chi connectivity index (χ3v) is 4.55. The van der Waals surface area contributed by atoms with E-state index in [0.717, 1.165) is 28.9 Å². The highest BCUT2D eigenvalue weighted by Gasteiger charge is 2.16. The number of halogens is 3. The first-order valence-electron chi connectivity index (χ1n) is 8.25. The van der Waals surface area contributed by atoms with E-state index < -0.39 is 17.8 Å². The third kappa shape index (κ3) is 3.07. The number of aromatic nitrogens is 4. The molecule has 0 atom stereocenters. The summed E-state index contributed by atoms with van der Waals surface area (Å²) in [5.74, 6) is -0.216. The topological polar surface area (TPSA) is 56.7 Å². The number of fused-ring (bicyclic) bond motifs is 1. The number of alkyl halides is 2. The molecular weight excluding hydrogens is 357 g/mol. The first kappa shape index (κ1) is 17.3. The Morgan fingerprint density at radius 3 is 2.63 bits per heavy atom. The number of aryl methyl sites for hydroxylation is 2. The molecule has 3 heterocycles. The summed E-state index contributed by atoms with van der Waals surface area (Å²) in [7, 11) is 0. The average Bonchev–Trinajstić information content (AvgIpc) is 3.19. The Kier molecular flexibility index (Phi) is 4.18. The molecule has 0 aliphatic heterocycles. The highest BCUT2D eigenvalue weighted by Crippen LogP contribution is 2.29. The van der Waals surface area contributed by atoms with E-state index in [0.29, 0.717) is 28.9 Å². The molecule has 0 saturated heterocycles. The van der Waals surface area contributed by atoms with E-state index in [1.807, 2.05) is 13.8 Å². The maximum Gasteiger partial charge on any atom is 0.266 e. The highest BCUT2D eigenvalue weighted by molar-refractivity contribution is 5.80. The van der Waals surface area contributed by atoms with Crippen LogP contribution in [0.4, 0.5) is 13.2 Å². The number of rotatable bonds is 4. The zero-order chi connectivity index (χ0) is 19.1. The fourth-order valence-corrected chi connectivity index (χ4v) is 3.01. The fraction of sp³-hybridized carbons (Fsp3) is 0.211. The molecule has 0 N–H and O–H groups in total. The SMILES string of the molecule is Cc1noc(C)c1Cn1ncc2ncc(-c3ccc(F)c(C(F)F)c3)cc21. The lowest BCUT2D eigenvalue weighted by molar-refractivity contribution is 0.146. The van der Waals surface area contributed by atoms with Gasteiger partial charge in [0.25, 0.3) is 6.43 Å². The summed E-state index contributed by atoms with van der Waals surface area (Å²) >= 11 is 0. The lowest BCUT2D eigenvalue weighted by Crippen LogP contribution is -2.03. The van der Waals surface area contributed by atoms with Crippen LogP contribution in [0.2, 0.25) is 0 Å². The molecule has 4 rings (SSSR count). The largest absolute Gasteiger partial charge is 0.361 e. The maximum absolute atomic E-state index is 13.6. The van der Waals surface area contributed by atoms with Crippen molar-refractivity contribution in [1.82, 2.24) is 19.9 Å².